The van der Waals surface area contributed by atoms with Crippen LogP contribution in [0.1, 0.15) is 34.1 Å². The maximum absolute atomic E-state index is 4.17. The highest BCUT2D eigenvalue weighted by molar-refractivity contribution is 5.79. The Kier molecular flexibility index (Phi) is 9.00. The topological polar surface area (TPSA) is 39.7 Å². The van der Waals surface area contributed by atoms with Gasteiger partial charge in [-0.15, -0.1) is 0 Å². The average molecular weight is 228 g/mol. The SMILES string of the molecule is CCCN(CC)CCNC(=NC)NC(C)C. The zero-order valence-corrected chi connectivity index (χ0v) is 11.5. The summed E-state index contributed by atoms with van der Waals surface area (Å²) in [6.45, 7) is 13.0. The number of hydrogen-bond donors (Lipinski definition) is 2. The van der Waals surface area contributed by atoms with E-state index < -0.39 is 0 Å². The number of guanidine groups is 1. The van der Waals surface area contributed by atoms with Crippen LogP contribution >= 0.6 is 0 Å². The molecule has 96 valence electrons. The largest absolute Gasteiger partial charge is 0.355 e. The lowest BCUT2D eigenvalue weighted by molar-refractivity contribution is 0.293. The molecule has 4 heteroatoms. The first-order valence-electron chi connectivity index (χ1n) is 6.33. The van der Waals surface area contributed by atoms with E-state index >= 15 is 0 Å². The van der Waals surface area contributed by atoms with Gasteiger partial charge in [-0.05, 0) is 33.4 Å². The third-order valence-electron chi connectivity index (χ3n) is 2.36. The molecule has 0 saturated heterocycles. The molecule has 0 fully saturated rings. The summed E-state index contributed by atoms with van der Waals surface area (Å²) in [5, 5.41) is 6.59. The molecule has 0 radical (unpaired) electrons. The first-order chi connectivity index (χ1) is 7.63. The van der Waals surface area contributed by atoms with E-state index in [-0.39, 0.29) is 0 Å². The Morgan fingerprint density at radius 2 is 1.94 bits per heavy atom. The van der Waals surface area contributed by atoms with E-state index in [1.807, 2.05) is 0 Å². The van der Waals surface area contributed by atoms with Crippen molar-refractivity contribution in [1.29, 1.82) is 0 Å². The van der Waals surface area contributed by atoms with Gasteiger partial charge in [0.1, 0.15) is 0 Å². The van der Waals surface area contributed by atoms with Crippen LogP contribution in [-0.4, -0.2) is 50.1 Å². The van der Waals surface area contributed by atoms with E-state index in [4.69, 9.17) is 0 Å². The van der Waals surface area contributed by atoms with Gasteiger partial charge in [-0.2, -0.15) is 0 Å². The van der Waals surface area contributed by atoms with Crippen LogP contribution < -0.4 is 10.6 Å². The van der Waals surface area contributed by atoms with Gasteiger partial charge in [-0.1, -0.05) is 13.8 Å². The second-order valence-electron chi connectivity index (χ2n) is 4.23. The Bertz CT molecular complexity index is 189. The van der Waals surface area contributed by atoms with Crippen molar-refractivity contribution in [1.82, 2.24) is 15.5 Å². The Hall–Kier alpha value is -0.770. The van der Waals surface area contributed by atoms with Gasteiger partial charge in [-0.25, -0.2) is 0 Å². The van der Waals surface area contributed by atoms with Gasteiger partial charge in [0.2, 0.25) is 0 Å². The summed E-state index contributed by atoms with van der Waals surface area (Å²) in [5.41, 5.74) is 0. The van der Waals surface area contributed by atoms with E-state index in [0.717, 1.165) is 25.6 Å². The Morgan fingerprint density at radius 3 is 2.38 bits per heavy atom. The van der Waals surface area contributed by atoms with Crippen molar-refractivity contribution >= 4 is 5.96 Å². The number of likely N-dealkylation sites (N-methyl/N-ethyl adjacent to an activating group) is 1. The molecule has 2 N–H and O–H groups in total. The lowest BCUT2D eigenvalue weighted by Crippen LogP contribution is -2.44. The fourth-order valence-electron chi connectivity index (χ4n) is 1.54. The number of rotatable bonds is 7. The summed E-state index contributed by atoms with van der Waals surface area (Å²) >= 11 is 0. The fourth-order valence-corrected chi connectivity index (χ4v) is 1.54. The number of nitrogens with zero attached hydrogens (tertiary/aromatic N) is 2. The van der Waals surface area contributed by atoms with Crippen LogP contribution in [0.5, 0.6) is 0 Å². The fraction of sp³-hybridized carbons (Fsp3) is 0.917. The molecule has 0 spiro atoms. The van der Waals surface area contributed by atoms with E-state index in [9.17, 15) is 0 Å². The zero-order chi connectivity index (χ0) is 12.4. The highest BCUT2D eigenvalue weighted by atomic mass is 15.2. The Balaban J connectivity index is 3.77. The molecule has 0 amide bonds. The van der Waals surface area contributed by atoms with Crippen molar-refractivity contribution in [2.45, 2.75) is 40.2 Å². The molecule has 0 saturated carbocycles. The van der Waals surface area contributed by atoms with Crippen molar-refractivity contribution in [2.24, 2.45) is 4.99 Å². The Morgan fingerprint density at radius 1 is 1.25 bits per heavy atom. The number of nitrogens with one attached hydrogen (secondary N) is 2. The predicted molar refractivity (Wildman–Crippen MR) is 72.0 cm³/mol. The molecule has 0 aliphatic carbocycles. The van der Waals surface area contributed by atoms with Crippen molar-refractivity contribution in [2.75, 3.05) is 33.2 Å². The number of hydrogen-bond acceptors (Lipinski definition) is 2. The maximum atomic E-state index is 4.17. The minimum atomic E-state index is 0.420. The summed E-state index contributed by atoms with van der Waals surface area (Å²) in [6, 6.07) is 0.420. The minimum absolute atomic E-state index is 0.420. The molecule has 0 rings (SSSR count). The molecule has 0 aliphatic rings. The lowest BCUT2D eigenvalue weighted by atomic mass is 10.4. The molecule has 0 aromatic carbocycles. The smallest absolute Gasteiger partial charge is 0.191 e. The van der Waals surface area contributed by atoms with Crippen LogP contribution in [0, 0.1) is 0 Å². The third kappa shape index (κ3) is 7.51. The van der Waals surface area contributed by atoms with Crippen LogP contribution in [0.25, 0.3) is 0 Å². The second-order valence-corrected chi connectivity index (χ2v) is 4.23. The van der Waals surface area contributed by atoms with Crippen LogP contribution in [0.3, 0.4) is 0 Å². The number of aliphatic imine (C=N–C) groups is 1. The van der Waals surface area contributed by atoms with E-state index in [1.165, 1.54) is 13.0 Å². The van der Waals surface area contributed by atoms with Gasteiger partial charge in [0, 0.05) is 26.2 Å². The van der Waals surface area contributed by atoms with Crippen molar-refractivity contribution < 1.29 is 0 Å². The molecule has 0 aromatic heterocycles. The molecule has 0 unspecified atom stereocenters. The summed E-state index contributed by atoms with van der Waals surface area (Å²) < 4.78 is 0. The average Bonchev–Trinajstić information content (AvgIpc) is 2.25. The monoisotopic (exact) mass is 228 g/mol. The normalized spacial score (nSPS) is 12.3. The van der Waals surface area contributed by atoms with Gasteiger partial charge >= 0.3 is 0 Å². The quantitative estimate of drug-likeness (QED) is 0.509. The van der Waals surface area contributed by atoms with Crippen LogP contribution in [-0.2, 0) is 0 Å². The van der Waals surface area contributed by atoms with Gasteiger partial charge in [0.25, 0.3) is 0 Å². The predicted octanol–water partition coefficient (Wildman–Crippen LogP) is 1.29. The van der Waals surface area contributed by atoms with E-state index in [2.05, 4.69) is 48.2 Å². The van der Waals surface area contributed by atoms with Crippen molar-refractivity contribution in [3.8, 4) is 0 Å². The molecular weight excluding hydrogens is 200 g/mol. The van der Waals surface area contributed by atoms with Crippen LogP contribution in [0.15, 0.2) is 4.99 Å². The van der Waals surface area contributed by atoms with Gasteiger partial charge in [0.05, 0.1) is 0 Å². The highest BCUT2D eigenvalue weighted by Crippen LogP contribution is 1.89. The third-order valence-corrected chi connectivity index (χ3v) is 2.36. The van der Waals surface area contributed by atoms with Crippen LogP contribution in [0.4, 0.5) is 0 Å². The zero-order valence-electron chi connectivity index (χ0n) is 11.5. The van der Waals surface area contributed by atoms with Crippen molar-refractivity contribution in [3.05, 3.63) is 0 Å². The molecule has 4 nitrogen and oxygen atoms in total. The maximum Gasteiger partial charge on any atom is 0.191 e. The molecule has 0 heterocycles. The second kappa shape index (κ2) is 9.46. The molecule has 0 aromatic rings. The van der Waals surface area contributed by atoms with Gasteiger partial charge in [-0.3, -0.25) is 4.99 Å². The molecule has 16 heavy (non-hydrogen) atoms. The lowest BCUT2D eigenvalue weighted by Gasteiger charge is -2.21. The van der Waals surface area contributed by atoms with Crippen LogP contribution in [0.2, 0.25) is 0 Å². The summed E-state index contributed by atoms with van der Waals surface area (Å²) in [7, 11) is 1.81. The highest BCUT2D eigenvalue weighted by Gasteiger charge is 2.02. The minimum Gasteiger partial charge on any atom is -0.355 e. The molecule has 0 bridgehead atoms. The van der Waals surface area contributed by atoms with Gasteiger partial charge < -0.3 is 15.5 Å². The summed E-state index contributed by atoms with van der Waals surface area (Å²) in [4.78, 5) is 6.61. The van der Waals surface area contributed by atoms with E-state index in [0.29, 0.717) is 6.04 Å². The first kappa shape index (κ1) is 15.2. The standard InChI is InChI=1S/C12H28N4/c1-6-9-16(7-2)10-8-14-12(13-5)15-11(3)4/h11H,6-10H2,1-5H3,(H2,13,14,15). The first-order valence-corrected chi connectivity index (χ1v) is 6.33. The van der Waals surface area contributed by atoms with Crippen molar-refractivity contribution in [3.63, 3.8) is 0 Å². The molecular formula is C12H28N4. The molecule has 0 atom stereocenters. The summed E-state index contributed by atoms with van der Waals surface area (Å²) in [6.07, 6.45) is 1.22. The molecule has 0 aliphatic heterocycles. The van der Waals surface area contributed by atoms with E-state index in [1.54, 1.807) is 7.05 Å². The summed E-state index contributed by atoms with van der Waals surface area (Å²) in [5.74, 6) is 0.891. The van der Waals surface area contributed by atoms with Gasteiger partial charge in [0.15, 0.2) is 5.96 Å². The Labute approximate surface area is 101 Å².